The van der Waals surface area contributed by atoms with Crippen LogP contribution in [0, 0.1) is 5.92 Å². The molecule has 0 aliphatic carbocycles. The third-order valence-corrected chi connectivity index (χ3v) is 3.57. The Morgan fingerprint density at radius 3 is 2.12 bits per heavy atom. The van der Waals surface area contributed by atoms with Crippen molar-refractivity contribution in [2.75, 3.05) is 0 Å². The smallest absolute Gasteiger partial charge is 0.119 e. The van der Waals surface area contributed by atoms with E-state index in [4.69, 9.17) is 0 Å². The Morgan fingerprint density at radius 2 is 1.59 bits per heavy atom. The molecule has 0 spiro atoms. The van der Waals surface area contributed by atoms with E-state index in [1.54, 1.807) is 12.1 Å². The van der Waals surface area contributed by atoms with Gasteiger partial charge in [-0.15, -0.1) is 0 Å². The van der Waals surface area contributed by atoms with E-state index < -0.39 is 0 Å². The molecule has 0 saturated carbocycles. The Labute approximate surface area is 104 Å². The maximum Gasteiger partial charge on any atom is 0.119 e. The van der Waals surface area contributed by atoms with Crippen LogP contribution in [0.4, 0.5) is 0 Å². The van der Waals surface area contributed by atoms with E-state index in [9.17, 15) is 10.2 Å². The van der Waals surface area contributed by atoms with Crippen LogP contribution in [-0.2, 0) is 0 Å². The number of phenols is 2. The first kappa shape index (κ1) is 13.9. The molecule has 0 aromatic heterocycles. The second-order valence-electron chi connectivity index (χ2n) is 5.04. The van der Waals surface area contributed by atoms with Gasteiger partial charge in [-0.1, -0.05) is 46.5 Å². The van der Waals surface area contributed by atoms with Crippen molar-refractivity contribution in [3.8, 4) is 11.5 Å². The van der Waals surface area contributed by atoms with Gasteiger partial charge in [-0.3, -0.25) is 0 Å². The maximum absolute atomic E-state index is 9.48. The first-order valence-electron chi connectivity index (χ1n) is 6.57. The minimum absolute atomic E-state index is 0.146. The van der Waals surface area contributed by atoms with Gasteiger partial charge in [0.05, 0.1) is 0 Å². The van der Waals surface area contributed by atoms with Crippen molar-refractivity contribution in [1.82, 2.24) is 0 Å². The van der Waals surface area contributed by atoms with E-state index in [1.807, 2.05) is 0 Å². The molecule has 0 amide bonds. The Morgan fingerprint density at radius 1 is 1.00 bits per heavy atom. The van der Waals surface area contributed by atoms with E-state index in [0.29, 0.717) is 11.8 Å². The van der Waals surface area contributed by atoms with Crippen molar-refractivity contribution >= 4 is 0 Å². The highest BCUT2D eigenvalue weighted by Gasteiger charge is 2.15. The SMILES string of the molecule is CCCCCC(C)C(C)c1cc(O)cc(O)c1. The zero-order chi connectivity index (χ0) is 12.8. The van der Waals surface area contributed by atoms with E-state index in [-0.39, 0.29) is 11.5 Å². The average Bonchev–Trinajstić information content (AvgIpc) is 2.27. The summed E-state index contributed by atoms with van der Waals surface area (Å²) in [6.07, 6.45) is 4.98. The van der Waals surface area contributed by atoms with Crippen molar-refractivity contribution in [1.29, 1.82) is 0 Å². The highest BCUT2D eigenvalue weighted by molar-refractivity contribution is 5.38. The van der Waals surface area contributed by atoms with Gasteiger partial charge in [-0.25, -0.2) is 0 Å². The lowest BCUT2D eigenvalue weighted by atomic mass is 9.85. The molecular formula is C15H24O2. The molecule has 2 atom stereocenters. The van der Waals surface area contributed by atoms with Gasteiger partial charge in [0.25, 0.3) is 0 Å². The fourth-order valence-corrected chi connectivity index (χ4v) is 2.18. The van der Waals surface area contributed by atoms with Gasteiger partial charge in [0, 0.05) is 6.07 Å². The summed E-state index contributed by atoms with van der Waals surface area (Å²) in [5.74, 6) is 1.23. The first-order chi connectivity index (χ1) is 8.04. The Hall–Kier alpha value is -1.18. The Bertz CT molecular complexity index is 327. The topological polar surface area (TPSA) is 40.5 Å². The minimum Gasteiger partial charge on any atom is -0.508 e. The lowest BCUT2D eigenvalue weighted by Gasteiger charge is -2.20. The molecule has 2 unspecified atom stereocenters. The third kappa shape index (κ3) is 4.29. The van der Waals surface area contributed by atoms with E-state index >= 15 is 0 Å². The number of benzene rings is 1. The third-order valence-electron chi connectivity index (χ3n) is 3.57. The van der Waals surface area contributed by atoms with Crippen LogP contribution in [0.2, 0.25) is 0 Å². The van der Waals surface area contributed by atoms with Gasteiger partial charge in [-0.05, 0) is 29.5 Å². The summed E-state index contributed by atoms with van der Waals surface area (Å²) in [7, 11) is 0. The second kappa shape index (κ2) is 6.53. The van der Waals surface area contributed by atoms with E-state index in [0.717, 1.165) is 5.56 Å². The van der Waals surface area contributed by atoms with Gasteiger partial charge < -0.3 is 10.2 Å². The monoisotopic (exact) mass is 236 g/mol. The van der Waals surface area contributed by atoms with Crippen LogP contribution >= 0.6 is 0 Å². The lowest BCUT2D eigenvalue weighted by Crippen LogP contribution is -2.06. The predicted molar refractivity (Wildman–Crippen MR) is 71.5 cm³/mol. The average molecular weight is 236 g/mol. The molecule has 0 radical (unpaired) electrons. The highest BCUT2D eigenvalue weighted by atomic mass is 16.3. The molecule has 0 heterocycles. The molecule has 0 saturated heterocycles. The van der Waals surface area contributed by atoms with E-state index in [1.165, 1.54) is 31.7 Å². The molecule has 0 aliphatic heterocycles. The largest absolute Gasteiger partial charge is 0.508 e. The van der Waals surface area contributed by atoms with Crippen LogP contribution in [-0.4, -0.2) is 10.2 Å². The van der Waals surface area contributed by atoms with Crippen molar-refractivity contribution in [2.24, 2.45) is 5.92 Å². The summed E-state index contributed by atoms with van der Waals surface area (Å²) in [6, 6.07) is 4.87. The van der Waals surface area contributed by atoms with Crippen LogP contribution in [0.15, 0.2) is 18.2 Å². The number of aromatic hydroxyl groups is 2. The van der Waals surface area contributed by atoms with Crippen LogP contribution in [0.5, 0.6) is 11.5 Å². The van der Waals surface area contributed by atoms with Crippen LogP contribution < -0.4 is 0 Å². The van der Waals surface area contributed by atoms with Gasteiger partial charge >= 0.3 is 0 Å². The zero-order valence-electron chi connectivity index (χ0n) is 11.1. The molecular weight excluding hydrogens is 212 g/mol. The lowest BCUT2D eigenvalue weighted by molar-refractivity contribution is 0.420. The van der Waals surface area contributed by atoms with E-state index in [2.05, 4.69) is 20.8 Å². The molecule has 1 rings (SSSR count). The van der Waals surface area contributed by atoms with Crippen LogP contribution in [0.3, 0.4) is 0 Å². The maximum atomic E-state index is 9.48. The van der Waals surface area contributed by atoms with Crippen LogP contribution in [0.25, 0.3) is 0 Å². The summed E-state index contributed by atoms with van der Waals surface area (Å²) in [5, 5.41) is 19.0. The number of phenolic OH excluding ortho intramolecular Hbond substituents is 2. The van der Waals surface area contributed by atoms with Gasteiger partial charge in [0.2, 0.25) is 0 Å². The minimum atomic E-state index is 0.146. The molecule has 2 N–H and O–H groups in total. The number of rotatable bonds is 6. The quantitative estimate of drug-likeness (QED) is 0.718. The summed E-state index contributed by atoms with van der Waals surface area (Å²) in [6.45, 7) is 6.60. The number of hydrogen-bond donors (Lipinski definition) is 2. The zero-order valence-corrected chi connectivity index (χ0v) is 11.1. The standard InChI is InChI=1S/C15H24O2/c1-4-5-6-7-11(2)12(3)13-8-14(16)10-15(17)9-13/h8-12,16-17H,4-7H2,1-3H3. The summed E-state index contributed by atoms with van der Waals surface area (Å²) in [4.78, 5) is 0. The highest BCUT2D eigenvalue weighted by Crippen LogP contribution is 2.32. The molecule has 2 heteroatoms. The van der Waals surface area contributed by atoms with Crippen molar-refractivity contribution in [3.63, 3.8) is 0 Å². The normalized spacial score (nSPS) is 14.5. The molecule has 1 aromatic carbocycles. The fourth-order valence-electron chi connectivity index (χ4n) is 2.18. The number of hydrogen-bond acceptors (Lipinski definition) is 2. The summed E-state index contributed by atoms with van der Waals surface area (Å²) >= 11 is 0. The van der Waals surface area contributed by atoms with Crippen LogP contribution in [0.1, 0.15) is 57.9 Å². The van der Waals surface area contributed by atoms with Crippen molar-refractivity contribution < 1.29 is 10.2 Å². The van der Waals surface area contributed by atoms with Gasteiger partial charge in [-0.2, -0.15) is 0 Å². The molecule has 17 heavy (non-hydrogen) atoms. The van der Waals surface area contributed by atoms with Gasteiger partial charge in [0.1, 0.15) is 11.5 Å². The fraction of sp³-hybridized carbons (Fsp3) is 0.600. The summed E-state index contributed by atoms with van der Waals surface area (Å²) < 4.78 is 0. The molecule has 0 bridgehead atoms. The molecule has 0 fully saturated rings. The Balaban J connectivity index is 2.64. The molecule has 1 aromatic rings. The molecule has 96 valence electrons. The number of unbranched alkanes of at least 4 members (excludes halogenated alkanes) is 2. The molecule has 2 nitrogen and oxygen atoms in total. The van der Waals surface area contributed by atoms with Crippen molar-refractivity contribution in [2.45, 2.75) is 52.4 Å². The predicted octanol–water partition coefficient (Wildman–Crippen LogP) is 4.42. The van der Waals surface area contributed by atoms with Gasteiger partial charge in [0.15, 0.2) is 0 Å². The van der Waals surface area contributed by atoms with Crippen molar-refractivity contribution in [3.05, 3.63) is 23.8 Å². The molecule has 0 aliphatic rings. The summed E-state index contributed by atoms with van der Waals surface area (Å²) in [5.41, 5.74) is 1.02. The second-order valence-corrected chi connectivity index (χ2v) is 5.04. The Kier molecular flexibility index (Phi) is 5.33. The first-order valence-corrected chi connectivity index (χ1v) is 6.57.